The van der Waals surface area contributed by atoms with Gasteiger partial charge in [0.15, 0.2) is 0 Å². The third kappa shape index (κ3) is 3.55. The maximum atomic E-state index is 11.4. The molecule has 0 radical (unpaired) electrons. The van der Waals surface area contributed by atoms with E-state index >= 15 is 0 Å². The van der Waals surface area contributed by atoms with Crippen LogP contribution in [0.2, 0.25) is 0 Å². The Kier molecular flexibility index (Phi) is 3.89. The van der Waals surface area contributed by atoms with E-state index in [9.17, 15) is 9.59 Å². The van der Waals surface area contributed by atoms with Crippen molar-refractivity contribution < 1.29 is 14.7 Å². The summed E-state index contributed by atoms with van der Waals surface area (Å²) in [7, 11) is 0. The van der Waals surface area contributed by atoms with E-state index in [-0.39, 0.29) is 24.7 Å². The van der Waals surface area contributed by atoms with Gasteiger partial charge < -0.3 is 10.4 Å². The first-order chi connectivity index (χ1) is 6.20. The minimum Gasteiger partial charge on any atom is -0.481 e. The van der Waals surface area contributed by atoms with Crippen LogP contribution in [0.3, 0.4) is 0 Å². The lowest BCUT2D eigenvalue weighted by atomic mass is 9.98. The number of ketones is 1. The highest BCUT2D eigenvalue weighted by atomic mass is 16.4. The van der Waals surface area contributed by atoms with Crippen LogP contribution >= 0.6 is 0 Å². The lowest BCUT2D eigenvalue weighted by Gasteiger charge is -2.21. The number of piperidine rings is 1. The predicted molar refractivity (Wildman–Crippen MR) is 47.5 cm³/mol. The van der Waals surface area contributed by atoms with Crippen molar-refractivity contribution in [2.45, 2.75) is 38.1 Å². The maximum absolute atomic E-state index is 11.4. The number of nitrogens with one attached hydrogen (secondary N) is 1. The summed E-state index contributed by atoms with van der Waals surface area (Å²) in [6.45, 7) is 0.878. The number of hydrogen-bond acceptors (Lipinski definition) is 3. The van der Waals surface area contributed by atoms with Gasteiger partial charge in [0.25, 0.3) is 0 Å². The fourth-order valence-corrected chi connectivity index (χ4v) is 1.53. The summed E-state index contributed by atoms with van der Waals surface area (Å²) in [4.78, 5) is 21.6. The molecule has 0 bridgehead atoms. The van der Waals surface area contributed by atoms with Crippen LogP contribution in [0.1, 0.15) is 32.1 Å². The van der Waals surface area contributed by atoms with Crippen molar-refractivity contribution in [3.05, 3.63) is 0 Å². The van der Waals surface area contributed by atoms with Gasteiger partial charge in [-0.15, -0.1) is 0 Å². The van der Waals surface area contributed by atoms with Crippen LogP contribution in [-0.2, 0) is 9.59 Å². The first-order valence-electron chi connectivity index (χ1n) is 4.68. The number of carbonyl (C=O) groups excluding carboxylic acids is 1. The fourth-order valence-electron chi connectivity index (χ4n) is 1.53. The van der Waals surface area contributed by atoms with Gasteiger partial charge in [0, 0.05) is 6.42 Å². The maximum Gasteiger partial charge on any atom is 0.303 e. The van der Waals surface area contributed by atoms with E-state index in [1.165, 1.54) is 0 Å². The molecule has 0 amide bonds. The van der Waals surface area contributed by atoms with Gasteiger partial charge in [-0.25, -0.2) is 0 Å². The smallest absolute Gasteiger partial charge is 0.303 e. The zero-order chi connectivity index (χ0) is 9.68. The number of aliphatic carboxylic acids is 1. The zero-order valence-corrected chi connectivity index (χ0v) is 7.58. The van der Waals surface area contributed by atoms with Gasteiger partial charge in [0.2, 0.25) is 0 Å². The molecule has 1 atom stereocenters. The second-order valence-corrected chi connectivity index (χ2v) is 3.36. The minimum atomic E-state index is -0.899. The van der Waals surface area contributed by atoms with E-state index in [1.54, 1.807) is 0 Å². The van der Waals surface area contributed by atoms with Crippen molar-refractivity contribution in [1.29, 1.82) is 0 Å². The summed E-state index contributed by atoms with van der Waals surface area (Å²) < 4.78 is 0. The van der Waals surface area contributed by atoms with Crippen LogP contribution < -0.4 is 5.32 Å². The molecule has 2 N–H and O–H groups in total. The number of carboxylic acids is 1. The highest BCUT2D eigenvalue weighted by molar-refractivity contribution is 5.86. The van der Waals surface area contributed by atoms with Crippen LogP contribution in [-0.4, -0.2) is 29.4 Å². The summed E-state index contributed by atoms with van der Waals surface area (Å²) in [6.07, 6.45) is 3.15. The Morgan fingerprint density at radius 1 is 1.31 bits per heavy atom. The molecule has 1 fully saturated rings. The van der Waals surface area contributed by atoms with E-state index < -0.39 is 5.97 Å². The first-order valence-corrected chi connectivity index (χ1v) is 4.68. The first kappa shape index (κ1) is 10.2. The molecule has 0 spiro atoms. The van der Waals surface area contributed by atoms with Crippen molar-refractivity contribution in [3.8, 4) is 0 Å². The standard InChI is InChI=1S/C9H15NO3/c11-8(4-5-9(12)13)7-3-1-2-6-10-7/h7,10H,1-6H2,(H,12,13). The van der Waals surface area contributed by atoms with Crippen LogP contribution in [0, 0.1) is 0 Å². The van der Waals surface area contributed by atoms with E-state index in [2.05, 4.69) is 5.32 Å². The number of carboxylic acid groups (broad SMARTS) is 1. The molecule has 1 aliphatic rings. The summed E-state index contributed by atoms with van der Waals surface area (Å²) in [5.41, 5.74) is 0. The van der Waals surface area contributed by atoms with Crippen molar-refractivity contribution in [2.24, 2.45) is 0 Å². The molecule has 0 aliphatic carbocycles. The summed E-state index contributed by atoms with van der Waals surface area (Å²) in [5.74, 6) is -0.855. The second kappa shape index (κ2) is 4.97. The molecule has 0 saturated carbocycles. The Morgan fingerprint density at radius 3 is 2.62 bits per heavy atom. The summed E-state index contributed by atoms with van der Waals surface area (Å²) in [5, 5.41) is 11.5. The molecular formula is C9H15NO3. The van der Waals surface area contributed by atoms with Gasteiger partial charge in [-0.3, -0.25) is 9.59 Å². The number of rotatable bonds is 4. The number of Topliss-reactive ketones (excluding diaryl/α,β-unsaturated/α-hetero) is 1. The molecule has 1 rings (SSSR count). The van der Waals surface area contributed by atoms with Gasteiger partial charge in [0.1, 0.15) is 5.78 Å². The molecule has 0 aromatic heterocycles. The summed E-state index contributed by atoms with van der Waals surface area (Å²) >= 11 is 0. The van der Waals surface area contributed by atoms with E-state index in [4.69, 9.17) is 5.11 Å². The Balaban J connectivity index is 2.25. The summed E-state index contributed by atoms with van der Waals surface area (Å²) in [6, 6.07) is -0.0897. The molecule has 74 valence electrons. The van der Waals surface area contributed by atoms with Crippen molar-refractivity contribution >= 4 is 11.8 Å². The third-order valence-corrected chi connectivity index (χ3v) is 2.28. The normalized spacial score (nSPS) is 22.6. The van der Waals surface area contributed by atoms with Gasteiger partial charge >= 0.3 is 5.97 Å². The lowest BCUT2D eigenvalue weighted by molar-refractivity contribution is -0.138. The van der Waals surface area contributed by atoms with Crippen LogP contribution in [0.5, 0.6) is 0 Å². The Hall–Kier alpha value is -0.900. The van der Waals surface area contributed by atoms with Gasteiger partial charge in [0.05, 0.1) is 12.5 Å². The average molecular weight is 185 g/mol. The monoisotopic (exact) mass is 185 g/mol. The largest absolute Gasteiger partial charge is 0.481 e. The topological polar surface area (TPSA) is 66.4 Å². The van der Waals surface area contributed by atoms with E-state index in [1.807, 2.05) is 0 Å². The highest BCUT2D eigenvalue weighted by Gasteiger charge is 2.20. The van der Waals surface area contributed by atoms with Crippen molar-refractivity contribution in [1.82, 2.24) is 5.32 Å². The fraction of sp³-hybridized carbons (Fsp3) is 0.778. The van der Waals surface area contributed by atoms with Gasteiger partial charge in [-0.05, 0) is 19.4 Å². The zero-order valence-electron chi connectivity index (χ0n) is 7.58. The Bertz CT molecular complexity index is 197. The molecule has 0 aromatic carbocycles. The molecule has 13 heavy (non-hydrogen) atoms. The second-order valence-electron chi connectivity index (χ2n) is 3.36. The molecule has 1 unspecified atom stereocenters. The molecular weight excluding hydrogens is 170 g/mol. The molecule has 1 aliphatic heterocycles. The highest BCUT2D eigenvalue weighted by Crippen LogP contribution is 2.09. The lowest BCUT2D eigenvalue weighted by Crippen LogP contribution is -2.40. The molecule has 4 heteroatoms. The molecule has 0 aromatic rings. The molecule has 1 heterocycles. The SMILES string of the molecule is O=C(O)CCC(=O)C1CCCCN1. The quantitative estimate of drug-likeness (QED) is 0.671. The Labute approximate surface area is 77.3 Å². The van der Waals surface area contributed by atoms with Crippen LogP contribution in [0.25, 0.3) is 0 Å². The van der Waals surface area contributed by atoms with Gasteiger partial charge in [-0.2, -0.15) is 0 Å². The number of hydrogen-bond donors (Lipinski definition) is 2. The van der Waals surface area contributed by atoms with Crippen LogP contribution in [0.15, 0.2) is 0 Å². The Morgan fingerprint density at radius 2 is 2.08 bits per heavy atom. The van der Waals surface area contributed by atoms with Crippen molar-refractivity contribution in [3.63, 3.8) is 0 Å². The molecule has 1 saturated heterocycles. The van der Waals surface area contributed by atoms with Crippen molar-refractivity contribution in [2.75, 3.05) is 6.54 Å². The van der Waals surface area contributed by atoms with Crippen LogP contribution in [0.4, 0.5) is 0 Å². The average Bonchev–Trinajstić information content (AvgIpc) is 2.15. The molecule has 4 nitrogen and oxygen atoms in total. The third-order valence-electron chi connectivity index (χ3n) is 2.28. The predicted octanol–water partition coefficient (Wildman–Crippen LogP) is 0.562. The minimum absolute atomic E-state index is 0.0436. The number of carbonyl (C=O) groups is 2. The van der Waals surface area contributed by atoms with E-state index in [0.29, 0.717) is 0 Å². The van der Waals surface area contributed by atoms with Gasteiger partial charge in [-0.1, -0.05) is 6.42 Å². The van der Waals surface area contributed by atoms with E-state index in [0.717, 1.165) is 25.8 Å².